The SMILES string of the molecule is Cc1nc(NCCN)cc(N(C)CCC(C)C)n1. The average molecular weight is 251 g/mol. The molecule has 0 aromatic carbocycles. The number of hydrogen-bond acceptors (Lipinski definition) is 5. The lowest BCUT2D eigenvalue weighted by atomic mass is 10.1. The van der Waals surface area contributed by atoms with E-state index in [0.29, 0.717) is 12.5 Å². The molecule has 1 aromatic rings. The molecule has 0 unspecified atom stereocenters. The summed E-state index contributed by atoms with van der Waals surface area (Å²) in [6, 6.07) is 1.98. The van der Waals surface area contributed by atoms with Gasteiger partial charge in [-0.1, -0.05) is 13.8 Å². The highest BCUT2D eigenvalue weighted by Crippen LogP contribution is 2.15. The van der Waals surface area contributed by atoms with Gasteiger partial charge in [0.25, 0.3) is 0 Å². The van der Waals surface area contributed by atoms with E-state index < -0.39 is 0 Å². The number of aromatic nitrogens is 2. The molecule has 0 saturated heterocycles. The van der Waals surface area contributed by atoms with Crippen LogP contribution >= 0.6 is 0 Å². The monoisotopic (exact) mass is 251 g/mol. The van der Waals surface area contributed by atoms with Crippen LogP contribution in [0.3, 0.4) is 0 Å². The van der Waals surface area contributed by atoms with Crippen LogP contribution in [0.1, 0.15) is 26.1 Å². The van der Waals surface area contributed by atoms with Gasteiger partial charge in [0.05, 0.1) is 0 Å². The zero-order valence-electron chi connectivity index (χ0n) is 11.9. The van der Waals surface area contributed by atoms with Crippen molar-refractivity contribution in [3.8, 4) is 0 Å². The smallest absolute Gasteiger partial charge is 0.134 e. The van der Waals surface area contributed by atoms with Crippen LogP contribution in [0.15, 0.2) is 6.07 Å². The number of anilines is 2. The van der Waals surface area contributed by atoms with E-state index in [1.165, 1.54) is 0 Å². The molecular formula is C13H25N5. The van der Waals surface area contributed by atoms with E-state index >= 15 is 0 Å². The van der Waals surface area contributed by atoms with Crippen LogP contribution in [0, 0.1) is 12.8 Å². The number of aryl methyl sites for hydroxylation is 1. The van der Waals surface area contributed by atoms with Crippen LogP contribution in [0.5, 0.6) is 0 Å². The Morgan fingerprint density at radius 1 is 1.39 bits per heavy atom. The average Bonchev–Trinajstić information content (AvgIpc) is 2.32. The van der Waals surface area contributed by atoms with Crippen molar-refractivity contribution in [3.63, 3.8) is 0 Å². The molecule has 0 atom stereocenters. The normalized spacial score (nSPS) is 10.8. The first kappa shape index (κ1) is 14.7. The van der Waals surface area contributed by atoms with Crippen molar-refractivity contribution in [2.45, 2.75) is 27.2 Å². The van der Waals surface area contributed by atoms with Gasteiger partial charge in [-0.25, -0.2) is 9.97 Å². The van der Waals surface area contributed by atoms with Gasteiger partial charge in [-0.2, -0.15) is 0 Å². The molecule has 0 bridgehead atoms. The number of nitrogens with zero attached hydrogens (tertiary/aromatic N) is 3. The summed E-state index contributed by atoms with van der Waals surface area (Å²) < 4.78 is 0. The van der Waals surface area contributed by atoms with E-state index in [9.17, 15) is 0 Å². The molecule has 0 radical (unpaired) electrons. The Bertz CT molecular complexity index is 364. The first-order chi connectivity index (χ1) is 8.52. The van der Waals surface area contributed by atoms with Crippen LogP contribution in [-0.4, -0.2) is 36.6 Å². The highest BCUT2D eigenvalue weighted by molar-refractivity contribution is 5.48. The summed E-state index contributed by atoms with van der Waals surface area (Å²) in [7, 11) is 2.07. The molecule has 0 aliphatic carbocycles. The summed E-state index contributed by atoms with van der Waals surface area (Å²) in [6.45, 7) is 8.70. The maximum atomic E-state index is 5.48. The van der Waals surface area contributed by atoms with Crippen molar-refractivity contribution >= 4 is 11.6 Å². The second-order valence-electron chi connectivity index (χ2n) is 4.98. The van der Waals surface area contributed by atoms with Crippen molar-refractivity contribution < 1.29 is 0 Å². The maximum absolute atomic E-state index is 5.48. The van der Waals surface area contributed by atoms with Crippen molar-refractivity contribution in [3.05, 3.63) is 11.9 Å². The lowest BCUT2D eigenvalue weighted by Gasteiger charge is -2.20. The lowest BCUT2D eigenvalue weighted by molar-refractivity contribution is 0.583. The van der Waals surface area contributed by atoms with Gasteiger partial charge in [0, 0.05) is 32.7 Å². The third-order valence-corrected chi connectivity index (χ3v) is 2.71. The summed E-state index contributed by atoms with van der Waals surface area (Å²) >= 11 is 0. The van der Waals surface area contributed by atoms with Gasteiger partial charge in [-0.3, -0.25) is 0 Å². The first-order valence-electron chi connectivity index (χ1n) is 6.53. The summed E-state index contributed by atoms with van der Waals surface area (Å²) in [5.74, 6) is 3.29. The third kappa shape index (κ3) is 4.87. The van der Waals surface area contributed by atoms with Gasteiger partial charge >= 0.3 is 0 Å². The van der Waals surface area contributed by atoms with E-state index in [1.54, 1.807) is 0 Å². The molecule has 0 spiro atoms. The van der Waals surface area contributed by atoms with Crippen molar-refractivity contribution in [2.75, 3.05) is 36.9 Å². The van der Waals surface area contributed by atoms with Crippen LogP contribution in [0.25, 0.3) is 0 Å². The molecule has 5 heteroatoms. The van der Waals surface area contributed by atoms with E-state index in [-0.39, 0.29) is 0 Å². The first-order valence-corrected chi connectivity index (χ1v) is 6.53. The Labute approximate surface area is 110 Å². The van der Waals surface area contributed by atoms with Crippen LogP contribution < -0.4 is 16.0 Å². The zero-order valence-corrected chi connectivity index (χ0v) is 11.9. The Kier molecular flexibility index (Phi) is 5.85. The molecule has 0 aliphatic rings. The van der Waals surface area contributed by atoms with E-state index in [4.69, 9.17) is 5.73 Å². The molecule has 1 heterocycles. The van der Waals surface area contributed by atoms with E-state index in [2.05, 4.69) is 41.1 Å². The molecule has 102 valence electrons. The molecule has 3 N–H and O–H groups in total. The number of rotatable bonds is 7. The topological polar surface area (TPSA) is 67.1 Å². The second-order valence-corrected chi connectivity index (χ2v) is 4.98. The molecule has 18 heavy (non-hydrogen) atoms. The van der Waals surface area contributed by atoms with Gasteiger partial charge in [0.15, 0.2) is 0 Å². The third-order valence-electron chi connectivity index (χ3n) is 2.71. The standard InChI is InChI=1S/C13H25N5/c1-10(2)5-8-18(4)13-9-12(15-7-6-14)16-11(3)17-13/h9-10H,5-8,14H2,1-4H3,(H,15,16,17). The number of hydrogen-bond donors (Lipinski definition) is 2. The number of nitrogens with two attached hydrogens (primary N) is 1. The number of nitrogens with one attached hydrogen (secondary N) is 1. The van der Waals surface area contributed by atoms with E-state index in [1.807, 2.05) is 13.0 Å². The van der Waals surface area contributed by atoms with Gasteiger partial charge < -0.3 is 16.0 Å². The molecule has 0 fully saturated rings. The summed E-state index contributed by atoms with van der Waals surface area (Å²) in [4.78, 5) is 11.0. The Balaban J connectivity index is 2.71. The Morgan fingerprint density at radius 2 is 2.11 bits per heavy atom. The van der Waals surface area contributed by atoms with Gasteiger partial charge in [0.1, 0.15) is 17.5 Å². The highest BCUT2D eigenvalue weighted by atomic mass is 15.2. The quantitative estimate of drug-likeness (QED) is 0.771. The van der Waals surface area contributed by atoms with Gasteiger partial charge in [0.2, 0.25) is 0 Å². The van der Waals surface area contributed by atoms with Crippen molar-refractivity contribution in [1.29, 1.82) is 0 Å². The second kappa shape index (κ2) is 7.16. The molecule has 1 aromatic heterocycles. The van der Waals surface area contributed by atoms with Gasteiger partial charge in [-0.15, -0.1) is 0 Å². The van der Waals surface area contributed by atoms with E-state index in [0.717, 1.165) is 37.0 Å². The van der Waals surface area contributed by atoms with Crippen LogP contribution in [-0.2, 0) is 0 Å². The molecule has 5 nitrogen and oxygen atoms in total. The Morgan fingerprint density at radius 3 is 2.72 bits per heavy atom. The summed E-state index contributed by atoms with van der Waals surface area (Å²) in [5, 5.41) is 3.19. The fourth-order valence-corrected chi connectivity index (χ4v) is 1.60. The molecular weight excluding hydrogens is 226 g/mol. The molecule has 0 amide bonds. The largest absolute Gasteiger partial charge is 0.369 e. The highest BCUT2D eigenvalue weighted by Gasteiger charge is 2.07. The predicted octanol–water partition coefficient (Wildman–Crippen LogP) is 1.64. The van der Waals surface area contributed by atoms with Crippen LogP contribution in [0.4, 0.5) is 11.6 Å². The minimum Gasteiger partial charge on any atom is -0.369 e. The van der Waals surface area contributed by atoms with Crippen molar-refractivity contribution in [2.24, 2.45) is 11.7 Å². The fourth-order valence-electron chi connectivity index (χ4n) is 1.60. The fraction of sp³-hybridized carbons (Fsp3) is 0.692. The molecule has 0 saturated carbocycles. The minimum absolute atomic E-state index is 0.599. The van der Waals surface area contributed by atoms with Crippen LogP contribution in [0.2, 0.25) is 0 Å². The molecule has 0 aliphatic heterocycles. The van der Waals surface area contributed by atoms with Crippen molar-refractivity contribution in [1.82, 2.24) is 9.97 Å². The predicted molar refractivity (Wildman–Crippen MR) is 77.0 cm³/mol. The summed E-state index contributed by atoms with van der Waals surface area (Å²) in [6.07, 6.45) is 1.16. The Hall–Kier alpha value is -1.36. The zero-order chi connectivity index (χ0) is 13.5. The maximum Gasteiger partial charge on any atom is 0.134 e. The lowest BCUT2D eigenvalue weighted by Crippen LogP contribution is -2.22. The van der Waals surface area contributed by atoms with Gasteiger partial charge in [-0.05, 0) is 19.3 Å². The minimum atomic E-state index is 0.599. The summed E-state index contributed by atoms with van der Waals surface area (Å²) in [5.41, 5.74) is 5.48. The molecule has 1 rings (SSSR count).